The fourth-order valence-electron chi connectivity index (χ4n) is 1.79. The van der Waals surface area contributed by atoms with Crippen molar-refractivity contribution in [2.24, 2.45) is 0 Å². The molecule has 104 valence electrons. The molecule has 2 aromatic rings. The molecule has 20 heavy (non-hydrogen) atoms. The summed E-state index contributed by atoms with van der Waals surface area (Å²) in [6, 6.07) is 10.8. The van der Waals surface area contributed by atoms with E-state index in [-0.39, 0.29) is 11.7 Å². The van der Waals surface area contributed by atoms with Gasteiger partial charge in [-0.05, 0) is 42.1 Å². The molecular weight excluding hydrogens is 270 g/mol. The molecule has 3 nitrogen and oxygen atoms in total. The third-order valence-corrected chi connectivity index (χ3v) is 3.79. The van der Waals surface area contributed by atoms with Crippen LogP contribution in [0.5, 0.6) is 5.75 Å². The van der Waals surface area contributed by atoms with Gasteiger partial charge in [-0.25, -0.2) is 0 Å². The second kappa shape index (κ2) is 6.91. The molecule has 0 aliphatic carbocycles. The van der Waals surface area contributed by atoms with E-state index in [2.05, 4.69) is 0 Å². The van der Waals surface area contributed by atoms with Gasteiger partial charge in [-0.15, -0.1) is 11.3 Å². The van der Waals surface area contributed by atoms with Gasteiger partial charge in [-0.2, -0.15) is 0 Å². The zero-order chi connectivity index (χ0) is 14.4. The number of phenols is 1. The van der Waals surface area contributed by atoms with Crippen molar-refractivity contribution in [1.82, 2.24) is 4.90 Å². The van der Waals surface area contributed by atoms with Crippen LogP contribution in [0.2, 0.25) is 0 Å². The van der Waals surface area contributed by atoms with E-state index in [1.165, 1.54) is 4.88 Å². The van der Waals surface area contributed by atoms with Crippen molar-refractivity contribution < 1.29 is 9.90 Å². The van der Waals surface area contributed by atoms with Crippen LogP contribution in [0.25, 0.3) is 6.08 Å². The molecule has 1 aromatic heterocycles. The minimum atomic E-state index is -0.00558. The predicted molar refractivity (Wildman–Crippen MR) is 82.6 cm³/mol. The molecule has 4 heteroatoms. The van der Waals surface area contributed by atoms with Gasteiger partial charge in [0.2, 0.25) is 5.91 Å². The molecule has 1 heterocycles. The van der Waals surface area contributed by atoms with Crippen LogP contribution in [0.15, 0.2) is 47.9 Å². The molecule has 0 atom stereocenters. The first-order valence-corrected chi connectivity index (χ1v) is 7.35. The summed E-state index contributed by atoms with van der Waals surface area (Å²) in [5.41, 5.74) is 0.892. The Morgan fingerprint density at radius 2 is 2.05 bits per heavy atom. The Hall–Kier alpha value is -2.07. The number of phenolic OH excluding ortho intramolecular Hbond substituents is 1. The Bertz CT molecular complexity index is 573. The molecule has 1 aromatic carbocycles. The van der Waals surface area contributed by atoms with Gasteiger partial charge in [0.05, 0.1) is 6.54 Å². The number of thiophene rings is 1. The summed E-state index contributed by atoms with van der Waals surface area (Å²) in [6.45, 7) is 3.30. The highest BCUT2D eigenvalue weighted by molar-refractivity contribution is 7.09. The van der Waals surface area contributed by atoms with Crippen LogP contribution in [0.1, 0.15) is 17.4 Å². The van der Waals surface area contributed by atoms with E-state index in [0.29, 0.717) is 13.1 Å². The Morgan fingerprint density at radius 3 is 2.65 bits per heavy atom. The standard InChI is InChI=1S/C16H17NO2S/c1-2-17(12-15-4-3-11-20-15)16(19)10-7-13-5-8-14(18)9-6-13/h3-11,18H,2,12H2,1H3. The lowest BCUT2D eigenvalue weighted by Gasteiger charge is -2.18. The van der Waals surface area contributed by atoms with E-state index in [0.717, 1.165) is 5.56 Å². The lowest BCUT2D eigenvalue weighted by Crippen LogP contribution is -2.28. The van der Waals surface area contributed by atoms with Crippen molar-refractivity contribution >= 4 is 23.3 Å². The molecule has 0 saturated carbocycles. The molecule has 0 aliphatic heterocycles. The second-order valence-corrected chi connectivity index (χ2v) is 5.39. The van der Waals surface area contributed by atoms with E-state index >= 15 is 0 Å². The van der Waals surface area contributed by atoms with Crippen molar-refractivity contribution in [3.05, 3.63) is 58.3 Å². The molecule has 1 N–H and O–H groups in total. The summed E-state index contributed by atoms with van der Waals surface area (Å²) in [4.78, 5) is 15.1. The fraction of sp³-hybridized carbons (Fsp3) is 0.188. The SMILES string of the molecule is CCN(Cc1cccs1)C(=O)C=Cc1ccc(O)cc1. The van der Waals surface area contributed by atoms with E-state index < -0.39 is 0 Å². The minimum absolute atomic E-state index is 0.00558. The maximum absolute atomic E-state index is 12.1. The van der Waals surface area contributed by atoms with Crippen molar-refractivity contribution in [3.63, 3.8) is 0 Å². The van der Waals surface area contributed by atoms with E-state index in [1.807, 2.05) is 24.4 Å². The van der Waals surface area contributed by atoms with Crippen LogP contribution in [-0.4, -0.2) is 22.5 Å². The first kappa shape index (κ1) is 14.3. The smallest absolute Gasteiger partial charge is 0.246 e. The predicted octanol–water partition coefficient (Wildman–Crippen LogP) is 3.52. The lowest BCUT2D eigenvalue weighted by atomic mass is 10.2. The van der Waals surface area contributed by atoms with Crippen LogP contribution in [0, 0.1) is 0 Å². The topological polar surface area (TPSA) is 40.5 Å². The van der Waals surface area contributed by atoms with Crippen molar-refractivity contribution in [1.29, 1.82) is 0 Å². The van der Waals surface area contributed by atoms with Crippen LogP contribution >= 0.6 is 11.3 Å². The molecule has 0 bridgehead atoms. The number of nitrogens with zero attached hydrogens (tertiary/aromatic N) is 1. The van der Waals surface area contributed by atoms with Gasteiger partial charge >= 0.3 is 0 Å². The number of rotatable bonds is 5. The molecule has 0 fully saturated rings. The monoisotopic (exact) mass is 287 g/mol. The maximum atomic E-state index is 12.1. The molecular formula is C16H17NO2S. The quantitative estimate of drug-likeness (QED) is 0.855. The van der Waals surface area contributed by atoms with Gasteiger partial charge < -0.3 is 10.0 Å². The molecule has 0 radical (unpaired) electrons. The van der Waals surface area contributed by atoms with Crippen molar-refractivity contribution in [3.8, 4) is 5.75 Å². The average molecular weight is 287 g/mol. The average Bonchev–Trinajstić information content (AvgIpc) is 2.97. The largest absolute Gasteiger partial charge is 0.508 e. The van der Waals surface area contributed by atoms with Gasteiger partial charge in [0.15, 0.2) is 0 Å². The number of likely N-dealkylation sites (N-methyl/N-ethyl adjacent to an activating group) is 1. The van der Waals surface area contributed by atoms with Gasteiger partial charge in [0.25, 0.3) is 0 Å². The Morgan fingerprint density at radius 1 is 1.30 bits per heavy atom. The molecule has 0 unspecified atom stereocenters. The number of hydrogen-bond donors (Lipinski definition) is 1. The maximum Gasteiger partial charge on any atom is 0.246 e. The molecule has 0 aliphatic rings. The summed E-state index contributed by atoms with van der Waals surface area (Å²) in [5.74, 6) is 0.218. The summed E-state index contributed by atoms with van der Waals surface area (Å²) < 4.78 is 0. The Labute approximate surface area is 122 Å². The Kier molecular flexibility index (Phi) is 4.96. The summed E-state index contributed by atoms with van der Waals surface area (Å²) in [6.07, 6.45) is 3.34. The highest BCUT2D eigenvalue weighted by Crippen LogP contribution is 2.13. The van der Waals surface area contributed by atoms with Crippen LogP contribution in [0.4, 0.5) is 0 Å². The normalized spacial score (nSPS) is 10.8. The third-order valence-electron chi connectivity index (χ3n) is 2.93. The van der Waals surface area contributed by atoms with Gasteiger partial charge in [-0.1, -0.05) is 18.2 Å². The number of benzene rings is 1. The number of carbonyl (C=O) groups is 1. The number of hydrogen-bond acceptors (Lipinski definition) is 3. The number of aromatic hydroxyl groups is 1. The molecule has 0 saturated heterocycles. The lowest BCUT2D eigenvalue weighted by molar-refractivity contribution is -0.126. The summed E-state index contributed by atoms with van der Waals surface area (Å²) in [7, 11) is 0. The highest BCUT2D eigenvalue weighted by Gasteiger charge is 2.09. The minimum Gasteiger partial charge on any atom is -0.508 e. The number of amides is 1. The van der Waals surface area contributed by atoms with E-state index in [4.69, 9.17) is 0 Å². The Balaban J connectivity index is 2.00. The van der Waals surface area contributed by atoms with Crippen molar-refractivity contribution in [2.45, 2.75) is 13.5 Å². The first-order chi connectivity index (χ1) is 9.69. The third kappa shape index (κ3) is 3.96. The summed E-state index contributed by atoms with van der Waals surface area (Å²) in [5, 5.41) is 11.2. The zero-order valence-electron chi connectivity index (χ0n) is 11.3. The van der Waals surface area contributed by atoms with Crippen molar-refractivity contribution in [2.75, 3.05) is 6.54 Å². The molecule has 0 spiro atoms. The number of carbonyl (C=O) groups excluding carboxylic acids is 1. The zero-order valence-corrected chi connectivity index (χ0v) is 12.1. The molecule has 2 rings (SSSR count). The van der Waals surface area contributed by atoms with Crippen LogP contribution in [0.3, 0.4) is 0 Å². The second-order valence-electron chi connectivity index (χ2n) is 4.36. The van der Waals surface area contributed by atoms with Gasteiger partial charge in [0, 0.05) is 17.5 Å². The van der Waals surface area contributed by atoms with Crippen LogP contribution in [-0.2, 0) is 11.3 Å². The van der Waals surface area contributed by atoms with Gasteiger partial charge in [-0.3, -0.25) is 4.79 Å². The summed E-state index contributed by atoms with van der Waals surface area (Å²) >= 11 is 1.65. The van der Waals surface area contributed by atoms with E-state index in [9.17, 15) is 9.90 Å². The van der Waals surface area contributed by atoms with Gasteiger partial charge in [0.1, 0.15) is 5.75 Å². The van der Waals surface area contributed by atoms with Crippen LogP contribution < -0.4 is 0 Å². The fourth-order valence-corrected chi connectivity index (χ4v) is 2.51. The highest BCUT2D eigenvalue weighted by atomic mass is 32.1. The van der Waals surface area contributed by atoms with E-state index in [1.54, 1.807) is 52.7 Å². The first-order valence-electron chi connectivity index (χ1n) is 6.47. The molecule has 1 amide bonds.